The zero-order valence-electron chi connectivity index (χ0n) is 13.1. The maximum Gasteiger partial charge on any atom is 0.161 e. The van der Waals surface area contributed by atoms with Gasteiger partial charge in [0, 0.05) is 44.8 Å². The van der Waals surface area contributed by atoms with Crippen LogP contribution in [0.1, 0.15) is 17.3 Å². The molecule has 0 radical (unpaired) electrons. The van der Waals surface area contributed by atoms with Crippen molar-refractivity contribution in [2.24, 2.45) is 0 Å². The van der Waals surface area contributed by atoms with Crippen molar-refractivity contribution in [3.05, 3.63) is 29.6 Å². The minimum atomic E-state index is -0.301. The molecule has 0 amide bonds. The zero-order valence-corrected chi connectivity index (χ0v) is 13.1. The second kappa shape index (κ2) is 7.00. The number of Topliss-reactive ketones (excluding diaryl/α,β-unsaturated/α-hetero) is 1. The molecule has 0 aromatic heterocycles. The van der Waals surface area contributed by atoms with Crippen molar-refractivity contribution in [3.8, 4) is 0 Å². The highest BCUT2D eigenvalue weighted by Crippen LogP contribution is 2.26. The molecule has 116 valence electrons. The van der Waals surface area contributed by atoms with E-state index >= 15 is 0 Å². The largest absolute Gasteiger partial charge is 0.366 e. The molecular weight excluding hydrogens is 269 g/mol. The molecule has 0 spiro atoms. The van der Waals surface area contributed by atoms with E-state index in [4.69, 9.17) is 0 Å². The lowest BCUT2D eigenvalue weighted by Crippen LogP contribution is -2.48. The van der Waals surface area contributed by atoms with Crippen molar-refractivity contribution in [1.29, 1.82) is 0 Å². The summed E-state index contributed by atoms with van der Waals surface area (Å²) in [4.78, 5) is 18.2. The number of halogens is 1. The van der Waals surface area contributed by atoms with Gasteiger partial charge in [-0.05, 0) is 33.2 Å². The molecule has 0 atom stereocenters. The number of para-hydroxylation sites is 1. The summed E-state index contributed by atoms with van der Waals surface area (Å²) in [6.07, 6.45) is 0. The lowest BCUT2D eigenvalue weighted by Gasteiger charge is -2.37. The van der Waals surface area contributed by atoms with Gasteiger partial charge in [-0.2, -0.15) is 0 Å². The van der Waals surface area contributed by atoms with Crippen LogP contribution in [0.25, 0.3) is 0 Å². The first-order chi connectivity index (χ1) is 9.99. The molecule has 2 rings (SSSR count). The molecule has 21 heavy (non-hydrogen) atoms. The highest BCUT2D eigenvalue weighted by atomic mass is 19.1. The second-order valence-corrected chi connectivity index (χ2v) is 5.82. The van der Waals surface area contributed by atoms with Gasteiger partial charge in [-0.25, -0.2) is 4.39 Å². The van der Waals surface area contributed by atoms with Crippen LogP contribution in [0.2, 0.25) is 0 Å². The first-order valence-electron chi connectivity index (χ1n) is 7.40. The molecule has 5 heteroatoms. The van der Waals surface area contributed by atoms with Gasteiger partial charge in [0.1, 0.15) is 5.82 Å². The fraction of sp³-hybridized carbons (Fsp3) is 0.562. The van der Waals surface area contributed by atoms with Crippen LogP contribution in [-0.4, -0.2) is 68.9 Å². The van der Waals surface area contributed by atoms with Gasteiger partial charge in [-0.3, -0.25) is 9.69 Å². The monoisotopic (exact) mass is 293 g/mol. The van der Waals surface area contributed by atoms with E-state index in [0.717, 1.165) is 39.3 Å². The summed E-state index contributed by atoms with van der Waals surface area (Å²) >= 11 is 0. The van der Waals surface area contributed by atoms with Gasteiger partial charge >= 0.3 is 0 Å². The summed E-state index contributed by atoms with van der Waals surface area (Å²) in [5.74, 6) is -0.385. The van der Waals surface area contributed by atoms with Gasteiger partial charge in [-0.15, -0.1) is 0 Å². The Morgan fingerprint density at radius 1 is 1.24 bits per heavy atom. The first-order valence-corrected chi connectivity index (χ1v) is 7.40. The Morgan fingerprint density at radius 2 is 1.90 bits per heavy atom. The number of anilines is 1. The quantitative estimate of drug-likeness (QED) is 0.772. The van der Waals surface area contributed by atoms with E-state index in [9.17, 15) is 9.18 Å². The van der Waals surface area contributed by atoms with Crippen LogP contribution in [0.15, 0.2) is 18.2 Å². The molecule has 4 nitrogen and oxygen atoms in total. The smallest absolute Gasteiger partial charge is 0.161 e. The predicted molar refractivity (Wildman–Crippen MR) is 83.6 cm³/mol. The molecular formula is C16H24FN3O. The number of carbonyl (C=O) groups excluding carboxylic acids is 1. The fourth-order valence-electron chi connectivity index (χ4n) is 2.66. The molecule has 0 N–H and O–H groups in total. The van der Waals surface area contributed by atoms with E-state index in [-0.39, 0.29) is 11.6 Å². The molecule has 0 saturated carbocycles. The van der Waals surface area contributed by atoms with E-state index in [1.807, 2.05) is 4.90 Å². The van der Waals surface area contributed by atoms with E-state index in [0.29, 0.717) is 11.3 Å². The van der Waals surface area contributed by atoms with Crippen molar-refractivity contribution in [2.45, 2.75) is 6.92 Å². The van der Waals surface area contributed by atoms with Gasteiger partial charge in [0.05, 0.1) is 5.69 Å². The van der Waals surface area contributed by atoms with Crippen molar-refractivity contribution in [3.63, 3.8) is 0 Å². The SMILES string of the molecule is CC(=O)c1cccc(F)c1N1CCN(CCN(C)C)CC1. The van der Waals surface area contributed by atoms with Crippen LogP contribution in [0.4, 0.5) is 10.1 Å². The van der Waals surface area contributed by atoms with Crippen LogP contribution in [0, 0.1) is 5.82 Å². The predicted octanol–water partition coefficient (Wildman–Crippen LogP) is 1.71. The zero-order chi connectivity index (χ0) is 15.4. The van der Waals surface area contributed by atoms with E-state index in [1.54, 1.807) is 12.1 Å². The second-order valence-electron chi connectivity index (χ2n) is 5.82. The Morgan fingerprint density at radius 3 is 2.48 bits per heavy atom. The average molecular weight is 293 g/mol. The number of likely N-dealkylation sites (N-methyl/N-ethyl adjacent to an activating group) is 1. The van der Waals surface area contributed by atoms with Crippen molar-refractivity contribution in [2.75, 3.05) is 58.3 Å². The van der Waals surface area contributed by atoms with Gasteiger partial charge < -0.3 is 9.80 Å². The summed E-state index contributed by atoms with van der Waals surface area (Å²) < 4.78 is 14.1. The summed E-state index contributed by atoms with van der Waals surface area (Å²) in [5.41, 5.74) is 0.953. The lowest BCUT2D eigenvalue weighted by molar-refractivity contribution is 0.101. The Hall–Kier alpha value is -1.46. The molecule has 1 aromatic rings. The Bertz CT molecular complexity index is 496. The maximum absolute atomic E-state index is 14.1. The number of carbonyl (C=O) groups is 1. The topological polar surface area (TPSA) is 26.8 Å². The maximum atomic E-state index is 14.1. The van der Waals surface area contributed by atoms with Crippen molar-refractivity contribution >= 4 is 11.5 Å². The van der Waals surface area contributed by atoms with Crippen LogP contribution in [0.3, 0.4) is 0 Å². The third-order valence-electron chi connectivity index (χ3n) is 3.92. The van der Waals surface area contributed by atoms with Gasteiger partial charge in [-0.1, -0.05) is 6.07 Å². The number of piperazine rings is 1. The molecule has 0 bridgehead atoms. The number of rotatable bonds is 5. The van der Waals surface area contributed by atoms with Crippen LogP contribution >= 0.6 is 0 Å². The Labute approximate surface area is 126 Å². The Balaban J connectivity index is 2.04. The number of hydrogen-bond donors (Lipinski definition) is 0. The summed E-state index contributed by atoms with van der Waals surface area (Å²) in [6.45, 7) is 6.87. The molecule has 1 aliphatic heterocycles. The van der Waals surface area contributed by atoms with Crippen molar-refractivity contribution in [1.82, 2.24) is 9.80 Å². The van der Waals surface area contributed by atoms with Gasteiger partial charge in [0.2, 0.25) is 0 Å². The molecule has 0 aliphatic carbocycles. The van der Waals surface area contributed by atoms with Crippen LogP contribution in [0.5, 0.6) is 0 Å². The number of nitrogens with zero attached hydrogens (tertiary/aromatic N) is 3. The molecule has 1 aromatic carbocycles. The first kappa shape index (κ1) is 15.9. The standard InChI is InChI=1S/C16H24FN3O/c1-13(21)14-5-4-6-15(17)16(14)20-11-9-19(10-12-20)8-7-18(2)3/h4-6H,7-12H2,1-3H3. The molecule has 0 unspecified atom stereocenters. The number of ketones is 1. The summed E-state index contributed by atoms with van der Waals surface area (Å²) in [5, 5.41) is 0. The average Bonchev–Trinajstić information content (AvgIpc) is 2.45. The minimum Gasteiger partial charge on any atom is -0.366 e. The van der Waals surface area contributed by atoms with E-state index in [2.05, 4.69) is 23.9 Å². The highest BCUT2D eigenvalue weighted by molar-refractivity contribution is 5.99. The minimum absolute atomic E-state index is 0.0838. The number of benzene rings is 1. The number of hydrogen-bond acceptors (Lipinski definition) is 4. The van der Waals surface area contributed by atoms with Gasteiger partial charge in [0.15, 0.2) is 5.78 Å². The lowest BCUT2D eigenvalue weighted by atomic mass is 10.1. The molecule has 1 fully saturated rings. The third-order valence-corrected chi connectivity index (χ3v) is 3.92. The van der Waals surface area contributed by atoms with Crippen LogP contribution in [-0.2, 0) is 0 Å². The van der Waals surface area contributed by atoms with Crippen LogP contribution < -0.4 is 4.90 Å². The summed E-state index contributed by atoms with van der Waals surface area (Å²) in [6, 6.07) is 4.74. The third kappa shape index (κ3) is 4.02. The van der Waals surface area contributed by atoms with Gasteiger partial charge in [0.25, 0.3) is 0 Å². The molecule has 1 saturated heterocycles. The van der Waals surface area contributed by atoms with Crippen molar-refractivity contribution < 1.29 is 9.18 Å². The highest BCUT2D eigenvalue weighted by Gasteiger charge is 2.23. The fourth-order valence-corrected chi connectivity index (χ4v) is 2.66. The van der Waals surface area contributed by atoms with E-state index < -0.39 is 0 Å². The normalized spacial score (nSPS) is 16.5. The molecule has 1 heterocycles. The summed E-state index contributed by atoms with van der Waals surface area (Å²) in [7, 11) is 4.13. The van der Waals surface area contributed by atoms with E-state index in [1.165, 1.54) is 13.0 Å². The Kier molecular flexibility index (Phi) is 5.31. The molecule has 1 aliphatic rings.